The normalized spacial score (nSPS) is 13.5. The Balaban J connectivity index is 2.01. The van der Waals surface area contributed by atoms with Crippen LogP contribution in [0.2, 0.25) is 18.1 Å². The van der Waals surface area contributed by atoms with E-state index in [9.17, 15) is 0 Å². The number of para-hydroxylation sites is 1. The summed E-state index contributed by atoms with van der Waals surface area (Å²) in [5, 5.41) is 1.43. The van der Waals surface area contributed by atoms with Crippen molar-refractivity contribution >= 4 is 19.0 Å². The van der Waals surface area contributed by atoms with Gasteiger partial charge in [0.1, 0.15) is 14.7 Å². The second-order valence-corrected chi connectivity index (χ2v) is 12.6. The zero-order valence-corrected chi connectivity index (χ0v) is 16.1. The van der Waals surface area contributed by atoms with Crippen LogP contribution in [-0.4, -0.2) is 19.7 Å². The lowest BCUT2D eigenvalue weighted by Crippen LogP contribution is -2.35. The number of rotatable bonds is 3. The second-order valence-electron chi connectivity index (χ2n) is 7.59. The van der Waals surface area contributed by atoms with E-state index in [1.807, 2.05) is 24.4 Å². The van der Waals surface area contributed by atoms with Crippen LogP contribution in [-0.2, 0) is 4.74 Å². The molecule has 0 aliphatic rings. The minimum Gasteiger partial charge on any atom is -0.361 e. The third kappa shape index (κ3) is 4.43. The van der Waals surface area contributed by atoms with Crippen LogP contribution in [0.25, 0.3) is 10.9 Å². The van der Waals surface area contributed by atoms with E-state index in [4.69, 9.17) is 4.74 Å². The molecular weight excluding hydrogens is 298 g/mol. The Bertz CT molecular complexity index is 734. The maximum Gasteiger partial charge on any atom is 0.137 e. The van der Waals surface area contributed by atoms with Crippen LogP contribution >= 0.6 is 0 Å². The van der Waals surface area contributed by atoms with E-state index in [0.717, 1.165) is 16.5 Å². The van der Waals surface area contributed by atoms with Gasteiger partial charge in [-0.1, -0.05) is 58.0 Å². The summed E-state index contributed by atoms with van der Waals surface area (Å²) >= 11 is 0. The Labute approximate surface area is 141 Å². The maximum atomic E-state index is 5.89. The van der Waals surface area contributed by atoms with Crippen LogP contribution in [0.5, 0.6) is 0 Å². The van der Waals surface area contributed by atoms with E-state index in [-0.39, 0.29) is 11.1 Å². The van der Waals surface area contributed by atoms with Crippen LogP contribution < -0.4 is 0 Å². The van der Waals surface area contributed by atoms with Crippen LogP contribution in [0.4, 0.5) is 0 Å². The van der Waals surface area contributed by atoms with Crippen molar-refractivity contribution in [3.05, 3.63) is 42.1 Å². The number of aromatic nitrogens is 1. The van der Waals surface area contributed by atoms with Crippen LogP contribution in [0.3, 0.4) is 0 Å². The zero-order valence-electron chi connectivity index (χ0n) is 15.1. The molecule has 122 valence electrons. The van der Waals surface area contributed by atoms with Crippen molar-refractivity contribution in [2.75, 3.05) is 6.61 Å². The van der Waals surface area contributed by atoms with Crippen molar-refractivity contribution in [2.45, 2.75) is 51.9 Å². The molecule has 2 nitrogen and oxygen atoms in total. The number of ether oxygens (including phenoxy) is 1. The average molecular weight is 326 g/mol. The molecule has 1 aromatic heterocycles. The highest BCUT2D eigenvalue weighted by molar-refractivity contribution is 6.87. The summed E-state index contributed by atoms with van der Waals surface area (Å²) in [6, 6.07) is 10.3. The number of hydrogen-bond acceptors (Lipinski definition) is 2. The maximum absolute atomic E-state index is 5.89. The van der Waals surface area contributed by atoms with Gasteiger partial charge in [-0.3, -0.25) is 4.98 Å². The molecule has 0 spiro atoms. The number of benzene rings is 1. The van der Waals surface area contributed by atoms with Gasteiger partial charge < -0.3 is 4.74 Å². The van der Waals surface area contributed by atoms with Crippen molar-refractivity contribution in [3.8, 4) is 11.5 Å². The highest BCUT2D eigenvalue weighted by Crippen LogP contribution is 2.35. The van der Waals surface area contributed by atoms with Gasteiger partial charge in [0.25, 0.3) is 0 Å². The van der Waals surface area contributed by atoms with Crippen LogP contribution in [0, 0.1) is 11.5 Å². The molecule has 2 rings (SSSR count). The lowest BCUT2D eigenvalue weighted by atomic mass is 10.1. The Kier molecular flexibility index (Phi) is 5.29. The first-order valence-electron chi connectivity index (χ1n) is 8.17. The minimum absolute atomic E-state index is 0.000761. The fraction of sp³-hybridized carbons (Fsp3) is 0.450. The van der Waals surface area contributed by atoms with Crippen LogP contribution in [0.15, 0.2) is 36.5 Å². The Morgan fingerprint density at radius 3 is 2.61 bits per heavy atom. The first kappa shape index (κ1) is 17.7. The Morgan fingerprint density at radius 1 is 1.22 bits per heavy atom. The van der Waals surface area contributed by atoms with Gasteiger partial charge in [-0.2, -0.15) is 0 Å². The monoisotopic (exact) mass is 325 g/mol. The first-order valence-corrected chi connectivity index (χ1v) is 11.2. The lowest BCUT2D eigenvalue weighted by Gasteiger charge is -2.31. The van der Waals surface area contributed by atoms with Crippen molar-refractivity contribution in [3.63, 3.8) is 0 Å². The highest BCUT2D eigenvalue weighted by Gasteiger charge is 2.33. The summed E-state index contributed by atoms with van der Waals surface area (Å²) in [4.78, 5) is 4.49. The van der Waals surface area contributed by atoms with Crippen LogP contribution in [0.1, 0.15) is 39.4 Å². The molecule has 23 heavy (non-hydrogen) atoms. The number of pyridine rings is 1. The molecular formula is C20H27NOSi. The van der Waals surface area contributed by atoms with E-state index in [1.54, 1.807) is 0 Å². The number of fused-ring (bicyclic) bond motifs is 1. The molecule has 0 amide bonds. The predicted molar refractivity (Wildman–Crippen MR) is 101 cm³/mol. The predicted octanol–water partition coefficient (Wildman–Crippen LogP) is 5.36. The van der Waals surface area contributed by atoms with Gasteiger partial charge in [-0.25, -0.2) is 0 Å². The average Bonchev–Trinajstić information content (AvgIpc) is 2.49. The molecule has 0 saturated heterocycles. The molecule has 3 heteroatoms. The summed E-state index contributed by atoms with van der Waals surface area (Å²) in [7, 11) is -1.55. The summed E-state index contributed by atoms with van der Waals surface area (Å²) in [6.07, 6.45) is 1.90. The van der Waals surface area contributed by atoms with Gasteiger partial charge in [-0.15, -0.1) is 5.54 Å². The van der Waals surface area contributed by atoms with Gasteiger partial charge >= 0.3 is 0 Å². The summed E-state index contributed by atoms with van der Waals surface area (Å²) in [5.74, 6) is 3.24. The lowest BCUT2D eigenvalue weighted by molar-refractivity contribution is 0.0925. The van der Waals surface area contributed by atoms with E-state index in [1.165, 1.54) is 0 Å². The molecule has 0 bridgehead atoms. The van der Waals surface area contributed by atoms with Crippen molar-refractivity contribution < 1.29 is 4.74 Å². The van der Waals surface area contributed by atoms with Gasteiger partial charge in [0.15, 0.2) is 0 Å². The third-order valence-corrected chi connectivity index (χ3v) is 9.31. The molecule has 0 N–H and O–H groups in total. The van der Waals surface area contributed by atoms with Crippen molar-refractivity contribution in [1.82, 2.24) is 4.98 Å². The van der Waals surface area contributed by atoms with Gasteiger partial charge in [0.05, 0.1) is 11.6 Å². The van der Waals surface area contributed by atoms with E-state index in [0.29, 0.717) is 6.61 Å². The smallest absolute Gasteiger partial charge is 0.137 e. The zero-order chi connectivity index (χ0) is 17.1. The molecule has 0 radical (unpaired) electrons. The van der Waals surface area contributed by atoms with Gasteiger partial charge in [0, 0.05) is 11.6 Å². The van der Waals surface area contributed by atoms with Gasteiger partial charge in [0.2, 0.25) is 0 Å². The molecule has 1 aromatic carbocycles. The SMILES string of the molecule is CC(OCC#C[Si](C)(C)C(C)(C)C)c1cnc2ccccc2c1. The fourth-order valence-corrected chi connectivity index (χ4v) is 2.91. The molecule has 0 fully saturated rings. The topological polar surface area (TPSA) is 22.1 Å². The number of nitrogens with zero attached hydrogens (tertiary/aromatic N) is 1. The molecule has 0 saturated carbocycles. The molecule has 2 aromatic rings. The Hall–Kier alpha value is -1.63. The summed E-state index contributed by atoms with van der Waals surface area (Å²) in [5.41, 5.74) is 5.59. The fourth-order valence-electron chi connectivity index (χ4n) is 2.02. The highest BCUT2D eigenvalue weighted by atomic mass is 28.3. The van der Waals surface area contributed by atoms with E-state index < -0.39 is 8.07 Å². The van der Waals surface area contributed by atoms with Gasteiger partial charge in [-0.05, 0) is 29.7 Å². The quantitative estimate of drug-likeness (QED) is 0.559. The minimum atomic E-state index is -1.55. The summed E-state index contributed by atoms with van der Waals surface area (Å²) in [6.45, 7) is 14.0. The first-order chi connectivity index (χ1) is 10.7. The molecule has 0 aliphatic heterocycles. The number of hydrogen-bond donors (Lipinski definition) is 0. The Morgan fingerprint density at radius 2 is 1.91 bits per heavy atom. The molecule has 0 aliphatic carbocycles. The second kappa shape index (κ2) is 6.86. The molecule has 1 unspecified atom stereocenters. The molecule has 1 atom stereocenters. The standard InChI is InChI=1S/C20H27NOSi/c1-16(22-12-9-13-23(5,6)20(2,3)4)18-14-17-10-7-8-11-19(17)21-15-18/h7-8,10-11,14-16H,12H2,1-6H3. The third-order valence-electron chi connectivity index (χ3n) is 4.76. The van der Waals surface area contributed by atoms with Crippen molar-refractivity contribution in [1.29, 1.82) is 0 Å². The molecule has 1 heterocycles. The summed E-state index contributed by atoms with van der Waals surface area (Å²) < 4.78 is 5.89. The van der Waals surface area contributed by atoms with E-state index in [2.05, 4.69) is 69.4 Å². The largest absolute Gasteiger partial charge is 0.361 e. The van der Waals surface area contributed by atoms with E-state index >= 15 is 0 Å². The van der Waals surface area contributed by atoms with Crippen molar-refractivity contribution in [2.24, 2.45) is 0 Å².